The van der Waals surface area contributed by atoms with Gasteiger partial charge in [-0.2, -0.15) is 5.26 Å². The van der Waals surface area contributed by atoms with E-state index < -0.39 is 16.8 Å². The lowest BCUT2D eigenvalue weighted by atomic mass is 9.38. The van der Waals surface area contributed by atoms with Crippen LogP contribution >= 0.6 is 0 Å². The van der Waals surface area contributed by atoms with Gasteiger partial charge in [0.05, 0.1) is 5.57 Å². The molecule has 0 aliphatic heterocycles. The molecule has 39 heavy (non-hydrogen) atoms. The van der Waals surface area contributed by atoms with E-state index in [1.165, 1.54) is 0 Å². The molecule has 5 heteroatoms. The first-order chi connectivity index (χ1) is 17.9. The third kappa shape index (κ3) is 4.64. The number of Topliss-reactive ketones (excluding diaryl/α,β-unsaturated/α-hetero) is 1. The standard InChI is InChI=1S/C34H49NO4/c1-29(2)12-9-23-24(36)19-26-32(6)20-22(21-35)28(39)30(3,4)25(32)10-14-34(26,8)33(23,7)18-17-31(5,16-15-29)13-11-27(37)38/h19-20,23,25H,9-18H2,1-8H3,(H,37,38)/t23?,25-,31-,32-,33+,34+/m0/s1. The topological polar surface area (TPSA) is 95.2 Å². The predicted molar refractivity (Wildman–Crippen MR) is 153 cm³/mol. The fourth-order valence-electron chi connectivity index (χ4n) is 9.30. The van der Waals surface area contributed by atoms with Gasteiger partial charge in [0.2, 0.25) is 0 Å². The Labute approximate surface area is 235 Å². The molecule has 0 bridgehead atoms. The van der Waals surface area contributed by atoms with Gasteiger partial charge in [0, 0.05) is 23.2 Å². The molecule has 1 unspecified atom stereocenters. The van der Waals surface area contributed by atoms with E-state index >= 15 is 0 Å². The normalized spacial score (nSPS) is 41.6. The molecule has 4 aliphatic carbocycles. The van der Waals surface area contributed by atoms with Crippen LogP contribution in [0.1, 0.15) is 120 Å². The summed E-state index contributed by atoms with van der Waals surface area (Å²) in [5.74, 6) is -0.705. The van der Waals surface area contributed by atoms with Crippen LogP contribution in [0.2, 0.25) is 0 Å². The van der Waals surface area contributed by atoms with E-state index in [2.05, 4.69) is 47.6 Å². The SMILES string of the molecule is CC1(C)CCC2C(=O)C=C3[C@@]4(C)C=C(C#N)C(=O)C(C)(C)[C@@H]4CC[C@@]3(C)[C@]2(C)CC[C@@](C)(CCC(=O)O)CC1. The van der Waals surface area contributed by atoms with Gasteiger partial charge < -0.3 is 5.11 Å². The largest absolute Gasteiger partial charge is 0.481 e. The Kier molecular flexibility index (Phi) is 7.19. The zero-order valence-electron chi connectivity index (χ0n) is 25.5. The summed E-state index contributed by atoms with van der Waals surface area (Å²) in [6, 6.07) is 2.18. The van der Waals surface area contributed by atoms with E-state index in [9.17, 15) is 24.8 Å². The highest BCUT2D eigenvalue weighted by Crippen LogP contribution is 2.70. The molecule has 0 aromatic carbocycles. The van der Waals surface area contributed by atoms with Crippen molar-refractivity contribution in [3.8, 4) is 6.07 Å². The maximum Gasteiger partial charge on any atom is 0.303 e. The second-order valence-electron chi connectivity index (χ2n) is 15.8. The van der Waals surface area contributed by atoms with Crippen LogP contribution < -0.4 is 0 Å². The molecule has 0 saturated heterocycles. The highest BCUT2D eigenvalue weighted by molar-refractivity contribution is 6.04. The summed E-state index contributed by atoms with van der Waals surface area (Å²) in [6.45, 7) is 17.6. The average molecular weight is 536 g/mol. The second-order valence-corrected chi connectivity index (χ2v) is 15.8. The molecule has 0 radical (unpaired) electrons. The number of ketones is 2. The summed E-state index contributed by atoms with van der Waals surface area (Å²) >= 11 is 0. The Morgan fingerprint density at radius 2 is 1.59 bits per heavy atom. The van der Waals surface area contributed by atoms with Gasteiger partial charge in [-0.1, -0.05) is 67.0 Å². The molecule has 0 heterocycles. The Hall–Kier alpha value is -2.22. The lowest BCUT2D eigenvalue weighted by Gasteiger charge is -2.65. The molecular formula is C34H49NO4. The third-order valence-corrected chi connectivity index (χ3v) is 12.5. The summed E-state index contributed by atoms with van der Waals surface area (Å²) in [7, 11) is 0. The van der Waals surface area contributed by atoms with Crippen LogP contribution in [-0.2, 0) is 14.4 Å². The highest BCUT2D eigenvalue weighted by Gasteiger charge is 2.65. The van der Waals surface area contributed by atoms with Crippen molar-refractivity contribution in [2.75, 3.05) is 0 Å². The van der Waals surface area contributed by atoms with Crippen LogP contribution in [0.15, 0.2) is 23.3 Å². The van der Waals surface area contributed by atoms with E-state index in [0.717, 1.165) is 56.9 Å². The van der Waals surface area contributed by atoms with Crippen LogP contribution in [0.3, 0.4) is 0 Å². The monoisotopic (exact) mass is 535 g/mol. The first-order valence-corrected chi connectivity index (χ1v) is 15.0. The second kappa shape index (κ2) is 9.42. The maximum atomic E-state index is 14.2. The van der Waals surface area contributed by atoms with Crippen molar-refractivity contribution in [1.82, 2.24) is 0 Å². The molecule has 0 spiro atoms. The lowest BCUT2D eigenvalue weighted by Crippen LogP contribution is -2.60. The number of fused-ring (bicyclic) bond motifs is 5. The molecule has 0 aromatic heterocycles. The van der Waals surface area contributed by atoms with Gasteiger partial charge in [-0.3, -0.25) is 14.4 Å². The van der Waals surface area contributed by atoms with Crippen LogP contribution in [0.5, 0.6) is 0 Å². The molecule has 2 fully saturated rings. The quantitative estimate of drug-likeness (QED) is 0.397. The van der Waals surface area contributed by atoms with Gasteiger partial charge in [-0.25, -0.2) is 0 Å². The number of allylic oxidation sites excluding steroid dienone is 4. The summed E-state index contributed by atoms with van der Waals surface area (Å²) in [4.78, 5) is 39.0. The fraction of sp³-hybridized carbons (Fsp3) is 0.765. The minimum absolute atomic E-state index is 0.0289. The molecular weight excluding hydrogens is 486 g/mol. The van der Waals surface area contributed by atoms with Crippen molar-refractivity contribution in [2.45, 2.75) is 120 Å². The highest BCUT2D eigenvalue weighted by atomic mass is 16.4. The number of nitriles is 1. The Morgan fingerprint density at radius 3 is 2.21 bits per heavy atom. The zero-order valence-corrected chi connectivity index (χ0v) is 25.5. The van der Waals surface area contributed by atoms with Crippen molar-refractivity contribution in [2.24, 2.45) is 44.3 Å². The van der Waals surface area contributed by atoms with Crippen molar-refractivity contribution >= 4 is 17.5 Å². The number of aliphatic carboxylic acids is 1. The first-order valence-electron chi connectivity index (χ1n) is 15.0. The van der Waals surface area contributed by atoms with E-state index in [1.54, 1.807) is 0 Å². The Morgan fingerprint density at radius 1 is 0.949 bits per heavy atom. The molecule has 5 nitrogen and oxygen atoms in total. The number of carbonyl (C=O) groups excluding carboxylic acids is 2. The number of nitrogens with zero attached hydrogens (tertiary/aromatic N) is 1. The van der Waals surface area contributed by atoms with Crippen molar-refractivity contribution < 1.29 is 19.5 Å². The number of hydrogen-bond acceptors (Lipinski definition) is 4. The molecule has 6 atom stereocenters. The molecule has 4 aliphatic rings. The molecule has 2 saturated carbocycles. The van der Waals surface area contributed by atoms with Gasteiger partial charge in [0.15, 0.2) is 11.6 Å². The van der Waals surface area contributed by atoms with Gasteiger partial charge in [-0.05, 0) is 91.4 Å². The van der Waals surface area contributed by atoms with Crippen molar-refractivity contribution in [3.63, 3.8) is 0 Å². The van der Waals surface area contributed by atoms with E-state index in [0.29, 0.717) is 6.42 Å². The molecule has 0 aromatic rings. The Balaban J connectivity index is 1.86. The first kappa shape index (κ1) is 29.8. The number of hydrogen-bond donors (Lipinski definition) is 1. The summed E-state index contributed by atoms with van der Waals surface area (Å²) in [5, 5.41) is 19.4. The zero-order chi connectivity index (χ0) is 29.2. The van der Waals surface area contributed by atoms with Crippen molar-refractivity contribution in [1.29, 1.82) is 5.26 Å². The van der Waals surface area contributed by atoms with Crippen LogP contribution in [0, 0.1) is 55.7 Å². The van der Waals surface area contributed by atoms with Gasteiger partial charge in [0.1, 0.15) is 6.07 Å². The maximum absolute atomic E-state index is 14.2. The summed E-state index contributed by atoms with van der Waals surface area (Å²) in [6.07, 6.45) is 12.0. The van der Waals surface area contributed by atoms with Gasteiger partial charge in [-0.15, -0.1) is 0 Å². The van der Waals surface area contributed by atoms with Crippen LogP contribution in [0.4, 0.5) is 0 Å². The molecule has 0 amide bonds. The summed E-state index contributed by atoms with van der Waals surface area (Å²) < 4.78 is 0. The predicted octanol–water partition coefficient (Wildman–Crippen LogP) is 7.85. The average Bonchev–Trinajstić information content (AvgIpc) is 2.84. The van der Waals surface area contributed by atoms with Crippen LogP contribution in [0.25, 0.3) is 0 Å². The third-order valence-electron chi connectivity index (χ3n) is 12.5. The van der Waals surface area contributed by atoms with Crippen molar-refractivity contribution in [3.05, 3.63) is 23.3 Å². The van der Waals surface area contributed by atoms with E-state index in [1.807, 2.05) is 26.0 Å². The number of rotatable bonds is 3. The molecule has 1 N–H and O–H groups in total. The van der Waals surface area contributed by atoms with E-state index in [4.69, 9.17) is 0 Å². The number of carbonyl (C=O) groups is 3. The summed E-state index contributed by atoms with van der Waals surface area (Å²) in [5.41, 5.74) is -0.475. The fourth-order valence-corrected chi connectivity index (χ4v) is 9.30. The minimum atomic E-state index is -0.748. The smallest absolute Gasteiger partial charge is 0.303 e. The van der Waals surface area contributed by atoms with Gasteiger partial charge >= 0.3 is 5.97 Å². The van der Waals surface area contributed by atoms with E-state index in [-0.39, 0.29) is 57.1 Å². The number of carboxylic acid groups (broad SMARTS) is 1. The van der Waals surface area contributed by atoms with Crippen LogP contribution in [-0.4, -0.2) is 22.6 Å². The lowest BCUT2D eigenvalue weighted by molar-refractivity contribution is -0.139. The molecule has 4 rings (SSSR count). The molecule has 214 valence electrons. The Bertz CT molecular complexity index is 1180. The van der Waals surface area contributed by atoms with Gasteiger partial charge in [0.25, 0.3) is 0 Å². The number of carboxylic acids is 1. The minimum Gasteiger partial charge on any atom is -0.481 e.